The van der Waals surface area contributed by atoms with Gasteiger partial charge in [-0.25, -0.2) is 8.42 Å². The van der Waals surface area contributed by atoms with Crippen molar-refractivity contribution in [2.24, 2.45) is 0 Å². The first-order chi connectivity index (χ1) is 18.5. The van der Waals surface area contributed by atoms with E-state index in [1.165, 1.54) is 12.1 Å². The lowest BCUT2D eigenvalue weighted by atomic mass is 10.1. The molecule has 39 heavy (non-hydrogen) atoms. The van der Waals surface area contributed by atoms with E-state index in [2.05, 4.69) is 5.32 Å². The van der Waals surface area contributed by atoms with Gasteiger partial charge in [0, 0.05) is 5.39 Å². The van der Waals surface area contributed by atoms with E-state index in [0.29, 0.717) is 16.1 Å². The van der Waals surface area contributed by atoms with Crippen molar-refractivity contribution in [3.05, 3.63) is 101 Å². The van der Waals surface area contributed by atoms with Crippen LogP contribution in [0.5, 0.6) is 5.75 Å². The van der Waals surface area contributed by atoms with Gasteiger partial charge in [0.15, 0.2) is 0 Å². The minimum atomic E-state index is -4.83. The number of alkyl halides is 3. The molecule has 6 nitrogen and oxygen atoms in total. The number of halogens is 4. The molecule has 0 fully saturated rings. The molecule has 0 spiro atoms. The molecule has 4 rings (SSSR count). The predicted molar refractivity (Wildman–Crippen MR) is 145 cm³/mol. The van der Waals surface area contributed by atoms with Crippen LogP contribution in [0.3, 0.4) is 0 Å². The molecule has 0 atom stereocenters. The Labute approximate surface area is 229 Å². The van der Waals surface area contributed by atoms with E-state index < -0.39 is 39.2 Å². The molecule has 1 N–H and O–H groups in total. The van der Waals surface area contributed by atoms with E-state index in [0.717, 1.165) is 28.5 Å². The highest BCUT2D eigenvalue weighted by Crippen LogP contribution is 2.38. The fraction of sp³-hybridized carbons (Fsp3) is 0.179. The lowest BCUT2D eigenvalue weighted by Crippen LogP contribution is -2.42. The number of nitrogens with one attached hydrogen (secondary N) is 1. The number of rotatable bonds is 9. The predicted octanol–water partition coefficient (Wildman–Crippen LogP) is 6.21. The molecular weight excluding hydrogens is 553 g/mol. The van der Waals surface area contributed by atoms with Gasteiger partial charge in [-0.3, -0.25) is 9.10 Å². The van der Waals surface area contributed by atoms with Crippen LogP contribution < -0.4 is 14.4 Å². The Hall–Kier alpha value is -3.76. The molecule has 1 amide bonds. The number of nitrogens with zero attached hydrogens (tertiary/aromatic N) is 1. The monoisotopic (exact) mass is 576 g/mol. The second-order valence-electron chi connectivity index (χ2n) is 8.66. The SMILES string of the molecule is Cc1ccc(S(=O)(=O)N(CC(=O)NCCOc2cccc3ccccc23)c2ccc(Cl)c(C(F)(F)F)c2)cc1. The van der Waals surface area contributed by atoms with Crippen molar-refractivity contribution in [2.45, 2.75) is 18.0 Å². The molecule has 0 bridgehead atoms. The van der Waals surface area contributed by atoms with Crippen molar-refractivity contribution < 1.29 is 31.1 Å². The summed E-state index contributed by atoms with van der Waals surface area (Å²) >= 11 is 5.73. The summed E-state index contributed by atoms with van der Waals surface area (Å²) in [5, 5.41) is 3.86. The number of fused-ring (bicyclic) bond motifs is 1. The zero-order valence-corrected chi connectivity index (χ0v) is 22.3. The number of hydrogen-bond acceptors (Lipinski definition) is 4. The van der Waals surface area contributed by atoms with E-state index in [4.69, 9.17) is 16.3 Å². The molecule has 4 aromatic rings. The smallest absolute Gasteiger partial charge is 0.417 e. The number of anilines is 1. The molecule has 0 aromatic heterocycles. The van der Waals surface area contributed by atoms with Gasteiger partial charge < -0.3 is 10.1 Å². The second kappa shape index (κ2) is 11.5. The van der Waals surface area contributed by atoms with Crippen molar-refractivity contribution in [1.82, 2.24) is 5.32 Å². The highest BCUT2D eigenvalue weighted by atomic mass is 35.5. The lowest BCUT2D eigenvalue weighted by Gasteiger charge is -2.25. The van der Waals surface area contributed by atoms with E-state index in [-0.39, 0.29) is 23.7 Å². The Morgan fingerprint density at radius 1 is 0.974 bits per heavy atom. The van der Waals surface area contributed by atoms with Gasteiger partial charge in [-0.15, -0.1) is 0 Å². The summed E-state index contributed by atoms with van der Waals surface area (Å²) in [6, 6.07) is 21.6. The number of carbonyl (C=O) groups excluding carboxylic acids is 1. The maximum Gasteiger partial charge on any atom is 0.417 e. The van der Waals surface area contributed by atoms with Gasteiger partial charge >= 0.3 is 6.18 Å². The minimum Gasteiger partial charge on any atom is -0.491 e. The van der Waals surface area contributed by atoms with Crippen LogP contribution in [0.2, 0.25) is 5.02 Å². The highest BCUT2D eigenvalue weighted by molar-refractivity contribution is 7.92. The summed E-state index contributed by atoms with van der Waals surface area (Å²) < 4.78 is 73.9. The van der Waals surface area contributed by atoms with E-state index in [9.17, 15) is 26.4 Å². The van der Waals surface area contributed by atoms with E-state index in [1.807, 2.05) is 36.4 Å². The quantitative estimate of drug-likeness (QED) is 0.240. The standard InChI is InChI=1S/C28H24ClF3N2O4S/c1-19-9-12-22(13-10-19)39(36,37)34(21-11-14-25(29)24(17-21)28(30,31)32)18-27(35)33-15-16-38-26-8-4-6-20-5-2-3-7-23(20)26/h2-14,17H,15-16,18H2,1H3,(H,33,35). The van der Waals surface area contributed by atoms with Crippen LogP contribution in [0.25, 0.3) is 10.8 Å². The maximum atomic E-state index is 13.5. The van der Waals surface area contributed by atoms with Crippen LogP contribution in [0, 0.1) is 6.92 Å². The zero-order valence-electron chi connectivity index (χ0n) is 20.7. The topological polar surface area (TPSA) is 75.7 Å². The second-order valence-corrected chi connectivity index (χ2v) is 10.9. The van der Waals surface area contributed by atoms with E-state index >= 15 is 0 Å². The summed E-state index contributed by atoms with van der Waals surface area (Å²) in [5.41, 5.74) is -0.778. The average Bonchev–Trinajstić information content (AvgIpc) is 2.90. The molecule has 0 saturated carbocycles. The summed E-state index contributed by atoms with van der Waals surface area (Å²) in [6.45, 7) is 1.12. The van der Waals surface area contributed by atoms with Gasteiger partial charge in [-0.1, -0.05) is 65.7 Å². The molecule has 0 aliphatic heterocycles. The average molecular weight is 577 g/mol. The minimum absolute atomic E-state index is 0.0366. The van der Waals surface area contributed by atoms with Crippen molar-refractivity contribution >= 4 is 44.0 Å². The van der Waals surface area contributed by atoms with Crippen LogP contribution in [0.4, 0.5) is 18.9 Å². The molecule has 0 aliphatic rings. The number of carbonyl (C=O) groups is 1. The molecule has 11 heteroatoms. The molecule has 0 heterocycles. The summed E-state index contributed by atoms with van der Waals surface area (Å²) in [7, 11) is -4.41. The van der Waals surface area contributed by atoms with Crippen molar-refractivity contribution in [1.29, 1.82) is 0 Å². The van der Waals surface area contributed by atoms with Gasteiger partial charge in [-0.05, 0) is 48.7 Å². The lowest BCUT2D eigenvalue weighted by molar-refractivity contribution is -0.137. The number of aryl methyl sites for hydroxylation is 1. The van der Waals surface area contributed by atoms with Gasteiger partial charge in [0.1, 0.15) is 18.9 Å². The molecule has 4 aromatic carbocycles. The zero-order chi connectivity index (χ0) is 28.2. The normalized spacial score (nSPS) is 11.8. The Morgan fingerprint density at radius 2 is 1.67 bits per heavy atom. The largest absolute Gasteiger partial charge is 0.491 e. The molecule has 204 valence electrons. The summed E-state index contributed by atoms with van der Waals surface area (Å²) in [5.74, 6) is -0.109. The summed E-state index contributed by atoms with van der Waals surface area (Å²) in [6.07, 6.45) is -4.83. The van der Waals surface area contributed by atoms with Crippen LogP contribution in [-0.2, 0) is 21.0 Å². The van der Waals surface area contributed by atoms with Crippen molar-refractivity contribution in [2.75, 3.05) is 24.0 Å². The van der Waals surface area contributed by atoms with Gasteiger partial charge in [0.25, 0.3) is 10.0 Å². The van der Waals surface area contributed by atoms with Crippen LogP contribution in [0.1, 0.15) is 11.1 Å². The number of hydrogen-bond donors (Lipinski definition) is 1. The first kappa shape index (κ1) is 28.3. The number of ether oxygens (including phenoxy) is 1. The Balaban J connectivity index is 1.53. The van der Waals surface area contributed by atoms with Crippen LogP contribution in [0.15, 0.2) is 89.8 Å². The van der Waals surface area contributed by atoms with Gasteiger partial charge in [0.2, 0.25) is 5.91 Å². The fourth-order valence-corrected chi connectivity index (χ4v) is 5.53. The number of benzene rings is 4. The number of amides is 1. The molecule has 0 aliphatic carbocycles. The Bertz CT molecular complexity index is 1590. The molecular formula is C28H24ClF3N2O4S. The molecule has 0 unspecified atom stereocenters. The Morgan fingerprint density at radius 3 is 2.38 bits per heavy atom. The fourth-order valence-electron chi connectivity index (χ4n) is 3.90. The third-order valence-electron chi connectivity index (χ3n) is 5.87. The Kier molecular flexibility index (Phi) is 8.36. The maximum absolute atomic E-state index is 13.5. The highest BCUT2D eigenvalue weighted by Gasteiger charge is 2.35. The third-order valence-corrected chi connectivity index (χ3v) is 7.99. The van der Waals surface area contributed by atoms with Crippen molar-refractivity contribution in [3.63, 3.8) is 0 Å². The first-order valence-electron chi connectivity index (χ1n) is 11.8. The molecule has 0 saturated heterocycles. The third kappa shape index (κ3) is 6.63. The van der Waals surface area contributed by atoms with Gasteiger partial charge in [-0.2, -0.15) is 13.2 Å². The molecule has 0 radical (unpaired) electrons. The number of sulfonamides is 1. The van der Waals surface area contributed by atoms with Crippen LogP contribution >= 0.6 is 11.6 Å². The van der Waals surface area contributed by atoms with Gasteiger partial charge in [0.05, 0.1) is 27.7 Å². The first-order valence-corrected chi connectivity index (χ1v) is 13.6. The van der Waals surface area contributed by atoms with Crippen LogP contribution in [-0.4, -0.2) is 34.0 Å². The summed E-state index contributed by atoms with van der Waals surface area (Å²) in [4.78, 5) is 12.6. The van der Waals surface area contributed by atoms with E-state index in [1.54, 1.807) is 25.1 Å². The van der Waals surface area contributed by atoms with Crippen molar-refractivity contribution in [3.8, 4) is 5.75 Å².